The van der Waals surface area contributed by atoms with Gasteiger partial charge in [0.1, 0.15) is 0 Å². The Hall–Kier alpha value is -2.30. The molecule has 1 atom stereocenters. The van der Waals surface area contributed by atoms with E-state index in [2.05, 4.69) is 0 Å². The molecule has 1 aliphatic rings. The van der Waals surface area contributed by atoms with E-state index in [0.717, 1.165) is 0 Å². The van der Waals surface area contributed by atoms with Gasteiger partial charge in [0.2, 0.25) is 0 Å². The standard InChI is InChI=1S/C13H12O5/c1-2-17-12(15)9-10(14)11(18-13(9)16)8-6-4-3-5-7-8/h3-7,11,14H,2H2,1H3. The number of aliphatic hydroxyl groups excluding tert-OH is 1. The Morgan fingerprint density at radius 1 is 1.39 bits per heavy atom. The maximum Gasteiger partial charge on any atom is 0.350 e. The quantitative estimate of drug-likeness (QED) is 0.650. The van der Waals surface area contributed by atoms with Crippen LogP contribution in [-0.4, -0.2) is 23.7 Å². The van der Waals surface area contributed by atoms with E-state index < -0.39 is 29.4 Å². The molecule has 2 rings (SSSR count). The molecular formula is C13H12O5. The first-order valence-corrected chi connectivity index (χ1v) is 5.51. The van der Waals surface area contributed by atoms with Crippen molar-refractivity contribution in [3.05, 3.63) is 47.2 Å². The third-order valence-electron chi connectivity index (χ3n) is 2.52. The molecule has 1 aromatic carbocycles. The van der Waals surface area contributed by atoms with Crippen LogP contribution in [0.25, 0.3) is 0 Å². The molecule has 1 aromatic rings. The van der Waals surface area contributed by atoms with Gasteiger partial charge in [0.15, 0.2) is 17.4 Å². The molecule has 18 heavy (non-hydrogen) atoms. The van der Waals surface area contributed by atoms with Gasteiger partial charge in [-0.05, 0) is 6.92 Å². The third-order valence-corrected chi connectivity index (χ3v) is 2.52. The fourth-order valence-corrected chi connectivity index (χ4v) is 1.70. The van der Waals surface area contributed by atoms with Crippen LogP contribution in [0.3, 0.4) is 0 Å². The topological polar surface area (TPSA) is 72.8 Å². The molecule has 1 aliphatic heterocycles. The van der Waals surface area contributed by atoms with Crippen LogP contribution in [0.1, 0.15) is 18.6 Å². The van der Waals surface area contributed by atoms with Crippen LogP contribution in [0.4, 0.5) is 0 Å². The van der Waals surface area contributed by atoms with E-state index in [1.807, 2.05) is 0 Å². The number of hydrogen-bond donors (Lipinski definition) is 1. The minimum atomic E-state index is -0.932. The lowest BCUT2D eigenvalue weighted by Crippen LogP contribution is -2.14. The van der Waals surface area contributed by atoms with Crippen LogP contribution in [0, 0.1) is 0 Å². The van der Waals surface area contributed by atoms with Crippen molar-refractivity contribution in [1.82, 2.24) is 0 Å². The average molecular weight is 248 g/mol. The van der Waals surface area contributed by atoms with Gasteiger partial charge >= 0.3 is 11.9 Å². The number of benzene rings is 1. The van der Waals surface area contributed by atoms with Crippen molar-refractivity contribution in [1.29, 1.82) is 0 Å². The summed E-state index contributed by atoms with van der Waals surface area (Å²) in [4.78, 5) is 23.0. The molecule has 0 aliphatic carbocycles. The van der Waals surface area contributed by atoms with Gasteiger partial charge in [-0.3, -0.25) is 0 Å². The molecule has 94 valence electrons. The average Bonchev–Trinajstić information content (AvgIpc) is 2.66. The van der Waals surface area contributed by atoms with Crippen LogP contribution in [-0.2, 0) is 19.1 Å². The maximum absolute atomic E-state index is 11.5. The predicted molar refractivity (Wildman–Crippen MR) is 61.6 cm³/mol. The second-order valence-electron chi connectivity index (χ2n) is 3.68. The number of aliphatic hydroxyl groups is 1. The fourth-order valence-electron chi connectivity index (χ4n) is 1.70. The number of esters is 2. The van der Waals surface area contributed by atoms with Crippen molar-refractivity contribution in [2.45, 2.75) is 13.0 Å². The molecule has 0 saturated carbocycles. The first-order chi connectivity index (χ1) is 8.65. The lowest BCUT2D eigenvalue weighted by molar-refractivity contribution is -0.146. The normalized spacial score (nSPS) is 18.7. The first kappa shape index (κ1) is 12.2. The van der Waals surface area contributed by atoms with E-state index in [-0.39, 0.29) is 6.61 Å². The fraction of sp³-hybridized carbons (Fsp3) is 0.231. The third kappa shape index (κ3) is 2.07. The van der Waals surface area contributed by atoms with Crippen LogP contribution < -0.4 is 0 Å². The van der Waals surface area contributed by atoms with E-state index in [4.69, 9.17) is 9.47 Å². The summed E-state index contributed by atoms with van der Waals surface area (Å²) in [6.45, 7) is 1.74. The largest absolute Gasteiger partial charge is 0.507 e. The van der Waals surface area contributed by atoms with Crippen LogP contribution in [0.15, 0.2) is 41.7 Å². The second-order valence-corrected chi connectivity index (χ2v) is 3.68. The Balaban J connectivity index is 2.33. The Kier molecular flexibility index (Phi) is 3.32. The first-order valence-electron chi connectivity index (χ1n) is 5.51. The van der Waals surface area contributed by atoms with Crippen LogP contribution >= 0.6 is 0 Å². The van der Waals surface area contributed by atoms with E-state index in [1.165, 1.54) is 0 Å². The molecule has 0 fully saturated rings. The van der Waals surface area contributed by atoms with Gasteiger partial charge in [-0.2, -0.15) is 0 Å². The highest BCUT2D eigenvalue weighted by atomic mass is 16.6. The molecule has 0 amide bonds. The summed E-state index contributed by atoms with van der Waals surface area (Å²) in [7, 11) is 0. The molecule has 0 saturated heterocycles. The molecule has 0 aromatic heterocycles. The minimum absolute atomic E-state index is 0.124. The van der Waals surface area contributed by atoms with Gasteiger partial charge in [-0.25, -0.2) is 9.59 Å². The lowest BCUT2D eigenvalue weighted by Gasteiger charge is -2.09. The Morgan fingerprint density at radius 3 is 2.67 bits per heavy atom. The number of ether oxygens (including phenoxy) is 2. The maximum atomic E-state index is 11.5. The molecule has 5 heteroatoms. The van der Waals surface area contributed by atoms with Gasteiger partial charge in [0.05, 0.1) is 6.61 Å². The van der Waals surface area contributed by atoms with Crippen molar-refractivity contribution in [3.8, 4) is 0 Å². The smallest absolute Gasteiger partial charge is 0.350 e. The number of hydrogen-bond acceptors (Lipinski definition) is 5. The van der Waals surface area contributed by atoms with Gasteiger partial charge < -0.3 is 14.6 Å². The predicted octanol–water partition coefficient (Wildman–Crippen LogP) is 1.66. The van der Waals surface area contributed by atoms with Gasteiger partial charge in [0.25, 0.3) is 0 Å². The molecule has 1 unspecified atom stereocenters. The molecule has 0 spiro atoms. The summed E-state index contributed by atoms with van der Waals surface area (Å²) in [5, 5.41) is 9.90. The Morgan fingerprint density at radius 2 is 2.06 bits per heavy atom. The molecule has 1 N–H and O–H groups in total. The zero-order valence-electron chi connectivity index (χ0n) is 9.75. The highest BCUT2D eigenvalue weighted by Gasteiger charge is 2.40. The second kappa shape index (κ2) is 4.91. The summed E-state index contributed by atoms with van der Waals surface area (Å²) in [5.41, 5.74) is 0.174. The summed E-state index contributed by atoms with van der Waals surface area (Å²) in [5.74, 6) is -2.12. The lowest BCUT2D eigenvalue weighted by atomic mass is 10.1. The minimum Gasteiger partial charge on any atom is -0.507 e. The summed E-state index contributed by atoms with van der Waals surface area (Å²) >= 11 is 0. The van der Waals surface area contributed by atoms with E-state index >= 15 is 0 Å². The van der Waals surface area contributed by atoms with Crippen molar-refractivity contribution in [2.24, 2.45) is 0 Å². The monoisotopic (exact) mass is 248 g/mol. The number of rotatable bonds is 3. The Labute approximate surface area is 104 Å². The van der Waals surface area contributed by atoms with E-state index in [0.29, 0.717) is 5.56 Å². The van der Waals surface area contributed by atoms with E-state index in [1.54, 1.807) is 37.3 Å². The number of cyclic esters (lactones) is 1. The molecule has 0 bridgehead atoms. The summed E-state index contributed by atoms with van der Waals surface area (Å²) in [6.07, 6.45) is -0.932. The van der Waals surface area contributed by atoms with Crippen molar-refractivity contribution < 1.29 is 24.2 Å². The van der Waals surface area contributed by atoms with Crippen molar-refractivity contribution in [3.63, 3.8) is 0 Å². The number of carbonyl (C=O) groups excluding carboxylic acids is 2. The van der Waals surface area contributed by atoms with E-state index in [9.17, 15) is 14.7 Å². The molecule has 0 radical (unpaired) electrons. The zero-order valence-corrected chi connectivity index (χ0v) is 9.75. The van der Waals surface area contributed by atoms with Crippen LogP contribution in [0.2, 0.25) is 0 Å². The molecular weight excluding hydrogens is 236 g/mol. The highest BCUT2D eigenvalue weighted by molar-refractivity contribution is 6.16. The van der Waals surface area contributed by atoms with Crippen LogP contribution in [0.5, 0.6) is 0 Å². The van der Waals surface area contributed by atoms with Gasteiger partial charge in [-0.15, -0.1) is 0 Å². The zero-order chi connectivity index (χ0) is 13.1. The molecule has 1 heterocycles. The molecule has 5 nitrogen and oxygen atoms in total. The van der Waals surface area contributed by atoms with Gasteiger partial charge in [-0.1, -0.05) is 30.3 Å². The van der Waals surface area contributed by atoms with Gasteiger partial charge in [0, 0.05) is 5.56 Å². The number of carbonyl (C=O) groups is 2. The van der Waals surface area contributed by atoms with Crippen molar-refractivity contribution >= 4 is 11.9 Å². The summed E-state index contributed by atoms with van der Waals surface area (Å²) in [6, 6.07) is 8.69. The SMILES string of the molecule is CCOC(=O)C1=C(O)C(c2ccccc2)OC1=O. The summed E-state index contributed by atoms with van der Waals surface area (Å²) < 4.78 is 9.67. The highest BCUT2D eigenvalue weighted by Crippen LogP contribution is 2.33. The van der Waals surface area contributed by atoms with Crippen molar-refractivity contribution in [2.75, 3.05) is 6.61 Å². The Bertz CT molecular complexity index is 503.